The maximum absolute atomic E-state index is 13.2. The van der Waals surface area contributed by atoms with Gasteiger partial charge in [-0.1, -0.05) is 13.0 Å². The summed E-state index contributed by atoms with van der Waals surface area (Å²) < 4.78 is 5.10. The first-order chi connectivity index (χ1) is 14.5. The molecule has 2 heterocycles. The molecule has 30 heavy (non-hydrogen) atoms. The minimum atomic E-state index is -0.176. The number of hydrogen-bond donors (Lipinski definition) is 1. The highest BCUT2D eigenvalue weighted by molar-refractivity contribution is 5.92. The van der Waals surface area contributed by atoms with Crippen LogP contribution in [0.4, 0.5) is 0 Å². The Labute approximate surface area is 178 Å². The Kier molecular flexibility index (Phi) is 4.73. The van der Waals surface area contributed by atoms with Crippen molar-refractivity contribution in [3.05, 3.63) is 59.6 Å². The number of benzene rings is 1. The highest BCUT2D eigenvalue weighted by atomic mass is 16.3. The first kappa shape index (κ1) is 19.4. The molecule has 1 amide bonds. The van der Waals surface area contributed by atoms with Crippen molar-refractivity contribution in [1.82, 2.24) is 9.80 Å². The van der Waals surface area contributed by atoms with Crippen LogP contribution in [-0.2, 0) is 16.6 Å². The van der Waals surface area contributed by atoms with Crippen molar-refractivity contribution < 1.29 is 14.3 Å². The fourth-order valence-electron chi connectivity index (χ4n) is 5.68. The van der Waals surface area contributed by atoms with E-state index in [4.69, 9.17) is 4.42 Å². The van der Waals surface area contributed by atoms with Gasteiger partial charge in [0.1, 0.15) is 5.75 Å². The van der Waals surface area contributed by atoms with Crippen molar-refractivity contribution in [2.24, 2.45) is 5.92 Å². The molecule has 5 nitrogen and oxygen atoms in total. The summed E-state index contributed by atoms with van der Waals surface area (Å²) in [5.74, 6) is 1.13. The summed E-state index contributed by atoms with van der Waals surface area (Å²) in [7, 11) is 1.94. The van der Waals surface area contributed by atoms with Crippen LogP contribution in [0.1, 0.15) is 42.9 Å². The molecular weight excluding hydrogens is 376 g/mol. The second-order valence-corrected chi connectivity index (χ2v) is 9.50. The van der Waals surface area contributed by atoms with E-state index in [-0.39, 0.29) is 17.4 Å². The Morgan fingerprint density at radius 2 is 2.20 bits per heavy atom. The van der Waals surface area contributed by atoms with E-state index in [0.717, 1.165) is 37.4 Å². The van der Waals surface area contributed by atoms with E-state index in [1.807, 2.05) is 30.2 Å². The number of rotatable bonds is 5. The second-order valence-electron chi connectivity index (χ2n) is 9.50. The molecule has 158 valence electrons. The van der Waals surface area contributed by atoms with E-state index in [9.17, 15) is 9.90 Å². The Hall–Kier alpha value is -2.53. The largest absolute Gasteiger partial charge is 0.508 e. The predicted octanol–water partition coefficient (Wildman–Crippen LogP) is 3.82. The van der Waals surface area contributed by atoms with Crippen LogP contribution in [0, 0.1) is 5.92 Å². The molecular formula is C25H30N2O3. The smallest absolute Gasteiger partial charge is 0.246 e. The van der Waals surface area contributed by atoms with Crippen molar-refractivity contribution in [3.63, 3.8) is 0 Å². The number of nitrogens with zero attached hydrogens (tertiary/aromatic N) is 2. The standard InChI is InChI=1S/C25H30N2O3/c1-25-10-11-27(15-17-3-4-17)22(13-19-6-7-20(28)14-21(19)25)24(25)26(2)23(29)8-5-18-9-12-30-16-18/h5-9,12,14,16-17,22,24,28H,3-4,10-11,13,15H2,1-2H3/b8-5+/t22?,24-,25+/m0/s1. The number of phenols is 1. The monoisotopic (exact) mass is 406 g/mol. The summed E-state index contributed by atoms with van der Waals surface area (Å²) in [4.78, 5) is 17.7. The fourth-order valence-corrected chi connectivity index (χ4v) is 5.68. The van der Waals surface area contributed by atoms with E-state index in [1.165, 1.54) is 24.0 Å². The summed E-state index contributed by atoms with van der Waals surface area (Å²) >= 11 is 0. The third-order valence-electron chi connectivity index (χ3n) is 7.46. The molecule has 1 unspecified atom stereocenters. The fraction of sp³-hybridized carbons (Fsp3) is 0.480. The Morgan fingerprint density at radius 3 is 2.93 bits per heavy atom. The number of aromatic hydroxyl groups is 1. The molecule has 1 aliphatic heterocycles. The van der Waals surface area contributed by atoms with Crippen LogP contribution in [0.3, 0.4) is 0 Å². The summed E-state index contributed by atoms with van der Waals surface area (Å²) in [6.45, 7) is 4.47. The van der Waals surface area contributed by atoms with Gasteiger partial charge >= 0.3 is 0 Å². The van der Waals surface area contributed by atoms with Gasteiger partial charge in [-0.25, -0.2) is 0 Å². The molecule has 0 radical (unpaired) electrons. The average Bonchev–Trinajstić information content (AvgIpc) is 3.39. The van der Waals surface area contributed by atoms with Gasteiger partial charge in [0.25, 0.3) is 0 Å². The molecule has 3 aliphatic rings. The number of piperidine rings is 1. The minimum absolute atomic E-state index is 0.00861. The van der Waals surface area contributed by atoms with Gasteiger partial charge in [-0.05, 0) is 73.5 Å². The number of fused-ring (bicyclic) bond motifs is 4. The predicted molar refractivity (Wildman–Crippen MR) is 116 cm³/mol. The van der Waals surface area contributed by atoms with Crippen LogP contribution in [0.15, 0.2) is 47.3 Å². The van der Waals surface area contributed by atoms with Crippen LogP contribution >= 0.6 is 0 Å². The number of likely N-dealkylation sites (N-methyl/N-ethyl adjacent to an activating group) is 1. The van der Waals surface area contributed by atoms with E-state index in [0.29, 0.717) is 11.8 Å². The highest BCUT2D eigenvalue weighted by Gasteiger charge is 2.53. The lowest BCUT2D eigenvalue weighted by Crippen LogP contribution is -2.68. The van der Waals surface area contributed by atoms with E-state index >= 15 is 0 Å². The number of phenolic OH excluding ortho intramolecular Hbond substituents is 1. The maximum Gasteiger partial charge on any atom is 0.246 e. The molecule has 1 saturated carbocycles. The lowest BCUT2D eigenvalue weighted by atomic mass is 9.61. The number of carbonyl (C=O) groups excluding carboxylic acids is 1. The van der Waals surface area contributed by atoms with Crippen LogP contribution in [0.25, 0.3) is 6.08 Å². The number of amides is 1. The quantitative estimate of drug-likeness (QED) is 0.767. The van der Waals surface area contributed by atoms with Gasteiger partial charge in [-0.3, -0.25) is 9.69 Å². The highest BCUT2D eigenvalue weighted by Crippen LogP contribution is 2.48. The van der Waals surface area contributed by atoms with Crippen LogP contribution < -0.4 is 0 Å². The summed E-state index contributed by atoms with van der Waals surface area (Å²) in [5, 5.41) is 10.2. The van der Waals surface area contributed by atoms with E-state index in [2.05, 4.69) is 17.9 Å². The number of hydrogen-bond acceptors (Lipinski definition) is 4. The molecule has 5 rings (SSSR count). The maximum atomic E-state index is 13.2. The molecule has 2 bridgehead atoms. The van der Waals surface area contributed by atoms with Gasteiger partial charge in [0, 0.05) is 36.7 Å². The minimum Gasteiger partial charge on any atom is -0.508 e. The summed E-state index contributed by atoms with van der Waals surface area (Å²) in [5.41, 5.74) is 3.22. The van der Waals surface area contributed by atoms with E-state index in [1.54, 1.807) is 24.7 Å². The van der Waals surface area contributed by atoms with E-state index < -0.39 is 0 Å². The zero-order chi connectivity index (χ0) is 20.9. The van der Waals surface area contributed by atoms with Crippen molar-refractivity contribution >= 4 is 12.0 Å². The Balaban J connectivity index is 1.49. The normalized spacial score (nSPS) is 28.5. The first-order valence-corrected chi connectivity index (χ1v) is 11.0. The van der Waals surface area contributed by atoms with Crippen LogP contribution in [0.2, 0.25) is 0 Å². The molecule has 1 N–H and O–H groups in total. The lowest BCUT2D eigenvalue weighted by Gasteiger charge is -2.58. The molecule has 2 aliphatic carbocycles. The molecule has 3 atom stereocenters. The SMILES string of the molecule is CN(C(=O)/C=C/c1ccoc1)[C@H]1C2Cc3ccc(O)cc3[C@@]1(C)CCN2CC1CC1. The van der Waals surface area contributed by atoms with Gasteiger partial charge in [0.05, 0.1) is 18.6 Å². The summed E-state index contributed by atoms with van der Waals surface area (Å²) in [6, 6.07) is 8.02. The van der Waals surface area contributed by atoms with Gasteiger partial charge in [-0.2, -0.15) is 0 Å². The Morgan fingerprint density at radius 1 is 1.37 bits per heavy atom. The van der Waals surface area contributed by atoms with Crippen molar-refractivity contribution in [2.45, 2.75) is 50.1 Å². The molecule has 0 spiro atoms. The van der Waals surface area contributed by atoms with Crippen LogP contribution in [0.5, 0.6) is 5.75 Å². The third kappa shape index (κ3) is 3.35. The summed E-state index contributed by atoms with van der Waals surface area (Å²) in [6.07, 6.45) is 11.3. The van der Waals surface area contributed by atoms with Gasteiger partial charge in [0.15, 0.2) is 0 Å². The molecule has 1 saturated heterocycles. The Bertz CT molecular complexity index is 963. The zero-order valence-electron chi connectivity index (χ0n) is 17.8. The topological polar surface area (TPSA) is 56.9 Å². The van der Waals surface area contributed by atoms with Gasteiger partial charge in [-0.15, -0.1) is 0 Å². The number of furan rings is 1. The molecule has 2 aromatic rings. The molecule has 1 aromatic carbocycles. The van der Waals surface area contributed by atoms with Gasteiger partial charge < -0.3 is 14.4 Å². The average molecular weight is 407 g/mol. The second kappa shape index (κ2) is 7.31. The van der Waals surface area contributed by atoms with Crippen LogP contribution in [-0.4, -0.2) is 53.0 Å². The van der Waals surface area contributed by atoms with Crippen molar-refractivity contribution in [3.8, 4) is 5.75 Å². The molecule has 2 fully saturated rings. The molecule has 1 aromatic heterocycles. The van der Waals surface area contributed by atoms with Crippen molar-refractivity contribution in [2.75, 3.05) is 20.1 Å². The van der Waals surface area contributed by atoms with Crippen molar-refractivity contribution in [1.29, 1.82) is 0 Å². The lowest BCUT2D eigenvalue weighted by molar-refractivity contribution is -0.132. The molecule has 5 heteroatoms. The zero-order valence-corrected chi connectivity index (χ0v) is 17.8. The number of carbonyl (C=O) groups is 1. The number of likely N-dealkylation sites (tertiary alicyclic amines) is 1. The van der Waals surface area contributed by atoms with Gasteiger partial charge in [0.2, 0.25) is 5.91 Å². The first-order valence-electron chi connectivity index (χ1n) is 11.0. The third-order valence-corrected chi connectivity index (χ3v) is 7.46.